The first-order valence-electron chi connectivity index (χ1n) is 7.85. The molecule has 0 spiro atoms. The summed E-state index contributed by atoms with van der Waals surface area (Å²) in [5.74, 6) is -0.780. The van der Waals surface area contributed by atoms with Gasteiger partial charge in [0.1, 0.15) is 18.3 Å². The van der Waals surface area contributed by atoms with E-state index in [-0.39, 0.29) is 12.2 Å². The van der Waals surface area contributed by atoms with Crippen LogP contribution in [0.1, 0.15) is 31.4 Å². The van der Waals surface area contributed by atoms with Gasteiger partial charge in [0, 0.05) is 7.11 Å². The van der Waals surface area contributed by atoms with Crippen LogP contribution < -0.4 is 0 Å². The first kappa shape index (κ1) is 17.9. The molecule has 0 radical (unpaired) electrons. The number of Topliss-reactive ketones (excluding diaryl/α,β-unsaturated/α-hetero) is 1. The predicted octanol–water partition coefficient (Wildman–Crippen LogP) is 3.49. The number of esters is 1. The van der Waals surface area contributed by atoms with Gasteiger partial charge in [-0.1, -0.05) is 60.7 Å². The Morgan fingerprint density at radius 3 is 1.79 bits per heavy atom. The average molecular weight is 326 g/mol. The third-order valence-corrected chi connectivity index (χ3v) is 4.00. The first-order chi connectivity index (χ1) is 11.5. The van der Waals surface area contributed by atoms with Crippen LogP contribution in [0.3, 0.4) is 0 Å². The number of rotatable bonds is 7. The number of ketones is 1. The molecule has 0 heterocycles. The summed E-state index contributed by atoms with van der Waals surface area (Å²) in [5.41, 5.74) is 0.804. The molecular weight excluding hydrogens is 304 g/mol. The van der Waals surface area contributed by atoms with E-state index >= 15 is 0 Å². The Morgan fingerprint density at radius 2 is 1.42 bits per heavy atom. The Morgan fingerprint density at radius 1 is 0.958 bits per heavy atom. The molecule has 4 nitrogen and oxygen atoms in total. The Kier molecular flexibility index (Phi) is 5.88. The normalized spacial score (nSPS) is 12.5. The zero-order valence-electron chi connectivity index (χ0n) is 14.2. The van der Waals surface area contributed by atoms with E-state index in [2.05, 4.69) is 0 Å². The fourth-order valence-corrected chi connectivity index (χ4v) is 2.93. The van der Waals surface area contributed by atoms with Crippen molar-refractivity contribution in [1.82, 2.24) is 0 Å². The SMILES string of the molecule is COC(c1ccccc1)(c1ccccc1)C(C)OC(=O)CC(C)=O. The van der Waals surface area contributed by atoms with E-state index in [0.717, 1.165) is 11.1 Å². The van der Waals surface area contributed by atoms with Gasteiger partial charge in [-0.15, -0.1) is 0 Å². The third kappa shape index (κ3) is 3.71. The first-order valence-corrected chi connectivity index (χ1v) is 7.85. The number of hydrogen-bond acceptors (Lipinski definition) is 4. The zero-order chi connectivity index (χ0) is 17.6. The van der Waals surface area contributed by atoms with E-state index in [4.69, 9.17) is 9.47 Å². The topological polar surface area (TPSA) is 52.6 Å². The highest BCUT2D eigenvalue weighted by Gasteiger charge is 2.42. The highest BCUT2D eigenvalue weighted by Crippen LogP contribution is 2.38. The fraction of sp³-hybridized carbons (Fsp3) is 0.300. The summed E-state index contributed by atoms with van der Waals surface area (Å²) in [5, 5.41) is 0. The van der Waals surface area contributed by atoms with Gasteiger partial charge in [-0.3, -0.25) is 9.59 Å². The van der Waals surface area contributed by atoms with Crippen LogP contribution in [0, 0.1) is 0 Å². The molecule has 0 aliphatic carbocycles. The van der Waals surface area contributed by atoms with Crippen molar-refractivity contribution in [3.63, 3.8) is 0 Å². The van der Waals surface area contributed by atoms with Gasteiger partial charge >= 0.3 is 5.97 Å². The summed E-state index contributed by atoms with van der Waals surface area (Å²) < 4.78 is 11.5. The fourth-order valence-electron chi connectivity index (χ4n) is 2.93. The van der Waals surface area contributed by atoms with Crippen molar-refractivity contribution >= 4 is 11.8 Å². The van der Waals surface area contributed by atoms with Crippen molar-refractivity contribution in [2.75, 3.05) is 7.11 Å². The molecule has 0 aliphatic heterocycles. The molecule has 0 saturated carbocycles. The molecule has 1 unspecified atom stereocenters. The molecule has 0 aromatic heterocycles. The van der Waals surface area contributed by atoms with Gasteiger partial charge in [0.25, 0.3) is 0 Å². The zero-order valence-corrected chi connectivity index (χ0v) is 14.2. The summed E-state index contributed by atoms with van der Waals surface area (Å²) in [6.45, 7) is 3.14. The molecule has 0 saturated heterocycles. The highest BCUT2D eigenvalue weighted by molar-refractivity contribution is 5.94. The molecule has 4 heteroatoms. The van der Waals surface area contributed by atoms with Crippen molar-refractivity contribution < 1.29 is 19.1 Å². The molecule has 2 rings (SSSR count). The number of carbonyl (C=O) groups is 2. The lowest BCUT2D eigenvalue weighted by atomic mass is 9.82. The van der Waals surface area contributed by atoms with Gasteiger partial charge in [-0.25, -0.2) is 0 Å². The standard InChI is InChI=1S/C20H22O4/c1-15(21)14-19(22)24-16(2)20(23-3,17-10-6-4-7-11-17)18-12-8-5-9-13-18/h4-13,16H,14H2,1-3H3. The van der Waals surface area contributed by atoms with E-state index in [1.165, 1.54) is 6.92 Å². The Hall–Kier alpha value is -2.46. The maximum atomic E-state index is 12.0. The van der Waals surface area contributed by atoms with Crippen LogP contribution in [0.5, 0.6) is 0 Å². The van der Waals surface area contributed by atoms with Crippen LogP contribution in [0.4, 0.5) is 0 Å². The lowest BCUT2D eigenvalue weighted by Crippen LogP contribution is -2.43. The molecule has 0 N–H and O–H groups in total. The lowest BCUT2D eigenvalue weighted by molar-refractivity contribution is -0.164. The van der Waals surface area contributed by atoms with Crippen molar-refractivity contribution in [2.24, 2.45) is 0 Å². The van der Waals surface area contributed by atoms with Crippen LogP contribution in [0.25, 0.3) is 0 Å². The van der Waals surface area contributed by atoms with Crippen LogP contribution >= 0.6 is 0 Å². The monoisotopic (exact) mass is 326 g/mol. The molecular formula is C20H22O4. The van der Waals surface area contributed by atoms with E-state index in [9.17, 15) is 9.59 Å². The Labute approximate surface area is 142 Å². The van der Waals surface area contributed by atoms with Crippen molar-refractivity contribution in [3.05, 3.63) is 71.8 Å². The molecule has 0 fully saturated rings. The molecule has 1 atom stereocenters. The molecule has 2 aromatic carbocycles. The van der Waals surface area contributed by atoms with Gasteiger partial charge < -0.3 is 9.47 Å². The number of carbonyl (C=O) groups excluding carboxylic acids is 2. The van der Waals surface area contributed by atoms with E-state index in [1.807, 2.05) is 60.7 Å². The summed E-state index contributed by atoms with van der Waals surface area (Å²) in [6, 6.07) is 19.2. The number of ether oxygens (including phenoxy) is 2. The van der Waals surface area contributed by atoms with Gasteiger partial charge in [-0.05, 0) is 25.0 Å². The largest absolute Gasteiger partial charge is 0.458 e. The second-order valence-electron chi connectivity index (χ2n) is 5.68. The lowest BCUT2D eigenvalue weighted by Gasteiger charge is -2.38. The summed E-state index contributed by atoms with van der Waals surface area (Å²) in [7, 11) is 1.59. The average Bonchev–Trinajstić information content (AvgIpc) is 2.57. The summed E-state index contributed by atoms with van der Waals surface area (Å²) in [4.78, 5) is 23.2. The minimum Gasteiger partial charge on any atom is -0.458 e. The molecule has 0 aliphatic rings. The minimum atomic E-state index is -0.949. The number of hydrogen-bond donors (Lipinski definition) is 0. The second-order valence-corrected chi connectivity index (χ2v) is 5.68. The number of benzene rings is 2. The predicted molar refractivity (Wildman–Crippen MR) is 91.5 cm³/mol. The minimum absolute atomic E-state index is 0.227. The molecule has 126 valence electrons. The van der Waals surface area contributed by atoms with Gasteiger partial charge in [0.2, 0.25) is 0 Å². The molecule has 24 heavy (non-hydrogen) atoms. The second kappa shape index (κ2) is 7.88. The number of methoxy groups -OCH3 is 1. The van der Waals surface area contributed by atoms with Crippen LogP contribution in [0.2, 0.25) is 0 Å². The van der Waals surface area contributed by atoms with Crippen molar-refractivity contribution in [1.29, 1.82) is 0 Å². The van der Waals surface area contributed by atoms with E-state index < -0.39 is 17.7 Å². The van der Waals surface area contributed by atoms with Gasteiger partial charge in [-0.2, -0.15) is 0 Å². The quantitative estimate of drug-likeness (QED) is 0.577. The summed E-state index contributed by atoms with van der Waals surface area (Å²) in [6.07, 6.45) is -0.854. The highest BCUT2D eigenvalue weighted by atomic mass is 16.6. The third-order valence-electron chi connectivity index (χ3n) is 4.00. The van der Waals surface area contributed by atoms with Crippen LogP contribution in [0.15, 0.2) is 60.7 Å². The molecule has 0 bridgehead atoms. The van der Waals surface area contributed by atoms with Gasteiger partial charge in [0.05, 0.1) is 0 Å². The van der Waals surface area contributed by atoms with E-state index in [0.29, 0.717) is 0 Å². The van der Waals surface area contributed by atoms with E-state index in [1.54, 1.807) is 14.0 Å². The van der Waals surface area contributed by atoms with Gasteiger partial charge in [0.15, 0.2) is 5.60 Å². The molecule has 2 aromatic rings. The van der Waals surface area contributed by atoms with Crippen molar-refractivity contribution in [3.8, 4) is 0 Å². The van der Waals surface area contributed by atoms with Crippen molar-refractivity contribution in [2.45, 2.75) is 32.0 Å². The van der Waals surface area contributed by atoms with Crippen LogP contribution in [-0.4, -0.2) is 25.0 Å². The van der Waals surface area contributed by atoms with Crippen LogP contribution in [-0.2, 0) is 24.7 Å². The maximum Gasteiger partial charge on any atom is 0.313 e. The molecule has 0 amide bonds. The Bertz CT molecular complexity index is 640. The smallest absolute Gasteiger partial charge is 0.313 e. The maximum absolute atomic E-state index is 12.0. The Balaban J connectivity index is 2.46. The summed E-state index contributed by atoms with van der Waals surface area (Å²) >= 11 is 0.